The van der Waals surface area contributed by atoms with Crippen molar-refractivity contribution < 1.29 is 4.79 Å². The van der Waals surface area contributed by atoms with Crippen LogP contribution in [-0.2, 0) is 17.8 Å². The summed E-state index contributed by atoms with van der Waals surface area (Å²) in [6.45, 7) is 6.11. The average molecular weight is 380 g/mol. The van der Waals surface area contributed by atoms with E-state index in [1.165, 1.54) is 12.8 Å². The van der Waals surface area contributed by atoms with Gasteiger partial charge in [-0.1, -0.05) is 6.07 Å². The molecule has 28 heavy (non-hydrogen) atoms. The van der Waals surface area contributed by atoms with E-state index in [4.69, 9.17) is 9.97 Å². The number of carbonyl (C=O) groups excluding carboxylic acids is 1. The van der Waals surface area contributed by atoms with Gasteiger partial charge in [0.05, 0.1) is 12.2 Å². The Hall–Kier alpha value is -2.54. The summed E-state index contributed by atoms with van der Waals surface area (Å²) in [6.07, 6.45) is 4.96. The maximum atomic E-state index is 11.9. The third-order valence-corrected chi connectivity index (χ3v) is 5.80. The summed E-state index contributed by atoms with van der Waals surface area (Å²) in [5.41, 5.74) is 2.83. The van der Waals surface area contributed by atoms with E-state index < -0.39 is 0 Å². The number of piperidine rings is 1. The van der Waals surface area contributed by atoms with Crippen molar-refractivity contribution in [1.82, 2.24) is 24.8 Å². The van der Waals surface area contributed by atoms with Gasteiger partial charge in [-0.15, -0.1) is 0 Å². The van der Waals surface area contributed by atoms with Crippen molar-refractivity contribution in [2.45, 2.75) is 32.7 Å². The predicted molar refractivity (Wildman–Crippen MR) is 109 cm³/mol. The van der Waals surface area contributed by atoms with Crippen LogP contribution >= 0.6 is 0 Å². The molecule has 0 radical (unpaired) electrons. The molecule has 1 saturated heterocycles. The Labute approximate surface area is 166 Å². The van der Waals surface area contributed by atoms with Crippen molar-refractivity contribution in [2.24, 2.45) is 5.92 Å². The zero-order valence-electron chi connectivity index (χ0n) is 16.7. The molecule has 2 aromatic heterocycles. The van der Waals surface area contributed by atoms with Gasteiger partial charge in [0.1, 0.15) is 11.5 Å². The monoisotopic (exact) mass is 380 g/mol. The highest BCUT2D eigenvalue weighted by atomic mass is 16.2. The number of anilines is 1. The molecule has 1 amide bonds. The molecular formula is C21H28N6O. The fraction of sp³-hybridized carbons (Fsp3) is 0.524. The molecule has 7 nitrogen and oxygen atoms in total. The second-order valence-electron chi connectivity index (χ2n) is 7.85. The Bertz CT molecular complexity index is 832. The molecule has 1 fully saturated rings. The van der Waals surface area contributed by atoms with Gasteiger partial charge in [0.2, 0.25) is 5.91 Å². The van der Waals surface area contributed by atoms with E-state index in [-0.39, 0.29) is 5.91 Å². The second kappa shape index (κ2) is 8.22. The number of nitrogens with zero attached hydrogens (tertiary/aromatic N) is 5. The summed E-state index contributed by atoms with van der Waals surface area (Å²) in [6, 6.07) is 5.76. The van der Waals surface area contributed by atoms with Crippen LogP contribution in [0.5, 0.6) is 0 Å². The van der Waals surface area contributed by atoms with Crippen LogP contribution in [0.1, 0.15) is 31.0 Å². The molecule has 2 aliphatic heterocycles. The summed E-state index contributed by atoms with van der Waals surface area (Å²) in [7, 11) is 2.18. The van der Waals surface area contributed by atoms with Gasteiger partial charge in [-0.25, -0.2) is 9.97 Å². The number of nitrogens with one attached hydrogen (secondary N) is 1. The molecular weight excluding hydrogens is 352 g/mol. The maximum absolute atomic E-state index is 11.9. The first-order chi connectivity index (χ1) is 13.6. The number of fused-ring (bicyclic) bond motifs is 1. The molecule has 1 N–H and O–H groups in total. The summed E-state index contributed by atoms with van der Waals surface area (Å²) in [5, 5.41) is 3.61. The fourth-order valence-corrected chi connectivity index (χ4v) is 3.96. The van der Waals surface area contributed by atoms with Gasteiger partial charge in [-0.2, -0.15) is 0 Å². The molecule has 4 rings (SSSR count). The lowest BCUT2D eigenvalue weighted by Gasteiger charge is -2.31. The molecule has 0 aromatic carbocycles. The topological polar surface area (TPSA) is 74.2 Å². The Kier molecular flexibility index (Phi) is 5.52. The molecule has 2 aliphatic rings. The Morgan fingerprint density at radius 1 is 1.21 bits per heavy atom. The maximum Gasteiger partial charge on any atom is 0.219 e. The number of hydrogen-bond acceptors (Lipinski definition) is 6. The quantitative estimate of drug-likeness (QED) is 0.877. The van der Waals surface area contributed by atoms with Crippen molar-refractivity contribution >= 4 is 11.7 Å². The van der Waals surface area contributed by atoms with Crippen LogP contribution in [0.15, 0.2) is 24.4 Å². The number of amides is 1. The lowest BCUT2D eigenvalue weighted by molar-refractivity contribution is -0.129. The predicted octanol–water partition coefficient (Wildman–Crippen LogP) is 2.20. The van der Waals surface area contributed by atoms with Gasteiger partial charge < -0.3 is 15.1 Å². The van der Waals surface area contributed by atoms with Gasteiger partial charge in [0.15, 0.2) is 5.82 Å². The lowest BCUT2D eigenvalue weighted by Crippen LogP contribution is -2.36. The number of likely N-dealkylation sites (tertiary alicyclic amines) is 1. The fourth-order valence-electron chi connectivity index (χ4n) is 3.96. The SMILES string of the molecule is CC(=O)N1CCc2c(nc(-c3ccccn3)nc2NCC2CCN(C)CC2)C1. The highest BCUT2D eigenvalue weighted by Crippen LogP contribution is 2.27. The summed E-state index contributed by atoms with van der Waals surface area (Å²) < 4.78 is 0. The zero-order chi connectivity index (χ0) is 19.5. The van der Waals surface area contributed by atoms with Crippen molar-refractivity contribution in [3.8, 4) is 11.5 Å². The van der Waals surface area contributed by atoms with Crippen LogP contribution in [0.4, 0.5) is 5.82 Å². The first-order valence-electron chi connectivity index (χ1n) is 10.1. The first-order valence-corrected chi connectivity index (χ1v) is 10.1. The van der Waals surface area contributed by atoms with Crippen LogP contribution in [0.3, 0.4) is 0 Å². The first kappa shape index (κ1) is 18.8. The summed E-state index contributed by atoms with van der Waals surface area (Å²) in [4.78, 5) is 30.1. The van der Waals surface area contributed by atoms with Crippen LogP contribution in [0.25, 0.3) is 11.5 Å². The third kappa shape index (κ3) is 4.14. The molecule has 0 unspecified atom stereocenters. The van der Waals surface area contributed by atoms with Crippen molar-refractivity contribution in [3.63, 3.8) is 0 Å². The number of carbonyl (C=O) groups is 1. The molecule has 2 aromatic rings. The summed E-state index contributed by atoms with van der Waals surface area (Å²) in [5.74, 6) is 2.28. The van der Waals surface area contributed by atoms with Crippen LogP contribution < -0.4 is 5.32 Å². The molecule has 4 heterocycles. The largest absolute Gasteiger partial charge is 0.369 e. The van der Waals surface area contributed by atoms with E-state index in [2.05, 4.69) is 22.2 Å². The highest BCUT2D eigenvalue weighted by molar-refractivity contribution is 5.74. The molecule has 0 atom stereocenters. The van der Waals surface area contributed by atoms with E-state index >= 15 is 0 Å². The standard InChI is InChI=1S/C21H28N6O/c1-15(28)27-12-8-17-19(14-27)24-21(18-5-3-4-9-22-18)25-20(17)23-13-16-6-10-26(2)11-7-16/h3-5,9,16H,6-8,10-14H2,1-2H3,(H,23,24,25). The second-order valence-corrected chi connectivity index (χ2v) is 7.85. The Morgan fingerprint density at radius 3 is 2.75 bits per heavy atom. The van der Waals surface area contributed by atoms with E-state index in [1.54, 1.807) is 13.1 Å². The molecule has 0 spiro atoms. The smallest absolute Gasteiger partial charge is 0.219 e. The minimum Gasteiger partial charge on any atom is -0.369 e. The Balaban J connectivity index is 1.60. The summed E-state index contributed by atoms with van der Waals surface area (Å²) >= 11 is 0. The van der Waals surface area contributed by atoms with E-state index in [0.29, 0.717) is 18.3 Å². The minimum absolute atomic E-state index is 0.0875. The van der Waals surface area contributed by atoms with Crippen molar-refractivity contribution in [3.05, 3.63) is 35.7 Å². The molecule has 0 saturated carbocycles. The average Bonchev–Trinajstić information content (AvgIpc) is 2.73. The molecule has 7 heteroatoms. The number of rotatable bonds is 4. The number of aromatic nitrogens is 3. The molecule has 148 valence electrons. The van der Waals surface area contributed by atoms with Crippen molar-refractivity contribution in [1.29, 1.82) is 0 Å². The van der Waals surface area contributed by atoms with Gasteiger partial charge in [-0.3, -0.25) is 9.78 Å². The van der Waals surface area contributed by atoms with Gasteiger partial charge >= 0.3 is 0 Å². The van der Waals surface area contributed by atoms with E-state index in [0.717, 1.165) is 55.4 Å². The minimum atomic E-state index is 0.0875. The van der Waals surface area contributed by atoms with Gasteiger partial charge in [-0.05, 0) is 57.5 Å². The lowest BCUT2D eigenvalue weighted by atomic mass is 9.97. The van der Waals surface area contributed by atoms with Crippen LogP contribution in [-0.4, -0.2) is 63.9 Å². The van der Waals surface area contributed by atoms with Gasteiger partial charge in [0.25, 0.3) is 0 Å². The Morgan fingerprint density at radius 2 is 2.04 bits per heavy atom. The van der Waals surface area contributed by atoms with E-state index in [1.807, 2.05) is 23.1 Å². The molecule has 0 aliphatic carbocycles. The molecule has 0 bridgehead atoms. The van der Waals surface area contributed by atoms with Crippen molar-refractivity contribution in [2.75, 3.05) is 38.5 Å². The third-order valence-electron chi connectivity index (χ3n) is 5.80. The van der Waals surface area contributed by atoms with E-state index in [9.17, 15) is 4.79 Å². The number of pyridine rings is 1. The van der Waals surface area contributed by atoms with Crippen LogP contribution in [0.2, 0.25) is 0 Å². The number of hydrogen-bond donors (Lipinski definition) is 1. The zero-order valence-corrected chi connectivity index (χ0v) is 16.7. The van der Waals surface area contributed by atoms with Crippen LogP contribution in [0, 0.1) is 5.92 Å². The normalized spacial score (nSPS) is 18.0. The van der Waals surface area contributed by atoms with Gasteiger partial charge in [0, 0.05) is 31.8 Å². The highest BCUT2D eigenvalue weighted by Gasteiger charge is 2.25.